The minimum absolute atomic E-state index is 0.0469. The summed E-state index contributed by atoms with van der Waals surface area (Å²) in [6, 6.07) is 7.91. The molecule has 28 heavy (non-hydrogen) atoms. The van der Waals surface area contributed by atoms with Crippen molar-refractivity contribution >= 4 is 33.8 Å². The molecule has 146 valence electrons. The monoisotopic (exact) mass is 380 g/mol. The number of para-hydroxylation sites is 1. The molecule has 2 aliphatic heterocycles. The summed E-state index contributed by atoms with van der Waals surface area (Å²) in [5, 5.41) is 4.07. The van der Waals surface area contributed by atoms with E-state index >= 15 is 0 Å². The van der Waals surface area contributed by atoms with Gasteiger partial charge < -0.3 is 19.4 Å². The minimum Gasteiger partial charge on any atom is -0.450 e. The number of hydrogen-bond acceptors (Lipinski definition) is 6. The standard InChI is InChI=1S/C21H24N4O3/c26-21(22-12-15-4-3-11-27-15)14-7-9-25(10-8-14)20-19-18(23-13-24-20)16-5-1-2-6-17(16)28-19/h1-2,5-6,13-15H,3-4,7-12H2,(H,22,26)/t15-/m1/s1. The molecule has 0 bridgehead atoms. The van der Waals surface area contributed by atoms with Crippen molar-refractivity contribution in [1.82, 2.24) is 15.3 Å². The Hall–Kier alpha value is -2.67. The molecule has 0 radical (unpaired) electrons. The number of piperidine rings is 1. The Morgan fingerprint density at radius 1 is 1.18 bits per heavy atom. The van der Waals surface area contributed by atoms with Gasteiger partial charge in [-0.25, -0.2) is 9.97 Å². The van der Waals surface area contributed by atoms with Crippen molar-refractivity contribution < 1.29 is 13.9 Å². The van der Waals surface area contributed by atoms with E-state index in [-0.39, 0.29) is 17.9 Å². The van der Waals surface area contributed by atoms with Gasteiger partial charge in [0.15, 0.2) is 11.4 Å². The number of rotatable bonds is 4. The van der Waals surface area contributed by atoms with Crippen molar-refractivity contribution in [2.45, 2.75) is 31.8 Å². The van der Waals surface area contributed by atoms with Gasteiger partial charge in [-0.2, -0.15) is 0 Å². The van der Waals surface area contributed by atoms with Crippen LogP contribution < -0.4 is 10.2 Å². The van der Waals surface area contributed by atoms with Crippen LogP contribution in [0.1, 0.15) is 25.7 Å². The van der Waals surface area contributed by atoms with E-state index in [1.165, 1.54) is 0 Å². The van der Waals surface area contributed by atoms with E-state index < -0.39 is 0 Å². The molecule has 0 spiro atoms. The highest BCUT2D eigenvalue weighted by Crippen LogP contribution is 2.33. The number of benzene rings is 1. The van der Waals surface area contributed by atoms with Gasteiger partial charge in [-0.05, 0) is 37.8 Å². The molecule has 7 nitrogen and oxygen atoms in total. The Morgan fingerprint density at radius 3 is 2.86 bits per heavy atom. The molecule has 1 aromatic carbocycles. The van der Waals surface area contributed by atoms with Crippen LogP contribution >= 0.6 is 0 Å². The zero-order valence-corrected chi connectivity index (χ0v) is 15.8. The number of furan rings is 1. The first-order valence-corrected chi connectivity index (χ1v) is 10.1. The quantitative estimate of drug-likeness (QED) is 0.750. The second kappa shape index (κ2) is 7.39. The summed E-state index contributed by atoms with van der Waals surface area (Å²) >= 11 is 0. The summed E-state index contributed by atoms with van der Waals surface area (Å²) in [7, 11) is 0. The Morgan fingerprint density at radius 2 is 2.04 bits per heavy atom. The number of ether oxygens (including phenoxy) is 1. The van der Waals surface area contributed by atoms with Crippen molar-refractivity contribution in [2.75, 3.05) is 31.1 Å². The number of fused-ring (bicyclic) bond motifs is 3. The Labute approximate surface area is 163 Å². The predicted octanol–water partition coefficient (Wildman–Crippen LogP) is 2.89. The lowest BCUT2D eigenvalue weighted by atomic mass is 9.95. The number of hydrogen-bond donors (Lipinski definition) is 1. The fraction of sp³-hybridized carbons (Fsp3) is 0.476. The summed E-state index contributed by atoms with van der Waals surface area (Å²) in [4.78, 5) is 23.6. The van der Waals surface area contributed by atoms with Crippen LogP contribution in [-0.4, -0.2) is 48.2 Å². The van der Waals surface area contributed by atoms with Crippen LogP contribution in [0.2, 0.25) is 0 Å². The lowest BCUT2D eigenvalue weighted by Crippen LogP contribution is -2.42. The number of amides is 1. The molecule has 0 unspecified atom stereocenters. The maximum absolute atomic E-state index is 12.5. The summed E-state index contributed by atoms with van der Waals surface area (Å²) < 4.78 is 11.6. The maximum atomic E-state index is 12.5. The minimum atomic E-state index is 0.0469. The van der Waals surface area contributed by atoms with Crippen LogP contribution in [0.4, 0.5) is 5.82 Å². The Bertz CT molecular complexity index is 988. The molecular weight excluding hydrogens is 356 g/mol. The van der Waals surface area contributed by atoms with Crippen LogP contribution in [-0.2, 0) is 9.53 Å². The van der Waals surface area contributed by atoms with E-state index in [1.54, 1.807) is 6.33 Å². The Balaban J connectivity index is 1.27. The van der Waals surface area contributed by atoms with Gasteiger partial charge in [-0.15, -0.1) is 0 Å². The summed E-state index contributed by atoms with van der Waals surface area (Å²) in [6.45, 7) is 3.00. The third kappa shape index (κ3) is 3.20. The van der Waals surface area contributed by atoms with E-state index in [9.17, 15) is 4.79 Å². The van der Waals surface area contributed by atoms with Gasteiger partial charge in [0, 0.05) is 37.5 Å². The first-order chi connectivity index (χ1) is 13.8. The lowest BCUT2D eigenvalue weighted by Gasteiger charge is -2.32. The van der Waals surface area contributed by atoms with E-state index in [0.717, 1.165) is 73.3 Å². The molecule has 2 aromatic heterocycles. The highest BCUT2D eigenvalue weighted by molar-refractivity contribution is 6.05. The van der Waals surface area contributed by atoms with Crippen molar-refractivity contribution in [3.63, 3.8) is 0 Å². The zero-order chi connectivity index (χ0) is 18.9. The molecule has 0 saturated carbocycles. The normalized spacial score (nSPS) is 20.9. The summed E-state index contributed by atoms with van der Waals surface area (Å²) in [5.41, 5.74) is 2.39. The number of carbonyl (C=O) groups is 1. The highest BCUT2D eigenvalue weighted by atomic mass is 16.5. The van der Waals surface area contributed by atoms with E-state index in [4.69, 9.17) is 9.15 Å². The van der Waals surface area contributed by atoms with Gasteiger partial charge in [0.2, 0.25) is 5.91 Å². The first-order valence-electron chi connectivity index (χ1n) is 10.1. The molecule has 2 saturated heterocycles. The third-order valence-electron chi connectivity index (χ3n) is 5.83. The number of aromatic nitrogens is 2. The molecule has 1 atom stereocenters. The zero-order valence-electron chi connectivity index (χ0n) is 15.8. The summed E-state index contributed by atoms with van der Waals surface area (Å²) in [6.07, 6.45) is 5.53. The molecule has 0 aliphatic carbocycles. The highest BCUT2D eigenvalue weighted by Gasteiger charge is 2.28. The average Bonchev–Trinajstić information content (AvgIpc) is 3.39. The van der Waals surface area contributed by atoms with Gasteiger partial charge >= 0.3 is 0 Å². The first kappa shape index (κ1) is 17.4. The van der Waals surface area contributed by atoms with Crippen molar-refractivity contribution in [3.05, 3.63) is 30.6 Å². The van der Waals surface area contributed by atoms with Crippen LogP contribution in [0, 0.1) is 5.92 Å². The van der Waals surface area contributed by atoms with Crippen LogP contribution in [0.15, 0.2) is 35.0 Å². The number of carbonyl (C=O) groups excluding carboxylic acids is 1. The fourth-order valence-corrected chi connectivity index (χ4v) is 4.25. The van der Waals surface area contributed by atoms with Crippen molar-refractivity contribution in [2.24, 2.45) is 5.92 Å². The molecule has 2 aliphatic rings. The van der Waals surface area contributed by atoms with Crippen LogP contribution in [0.5, 0.6) is 0 Å². The smallest absolute Gasteiger partial charge is 0.223 e. The largest absolute Gasteiger partial charge is 0.450 e. The molecule has 3 aromatic rings. The van der Waals surface area contributed by atoms with E-state index in [1.807, 2.05) is 24.3 Å². The maximum Gasteiger partial charge on any atom is 0.223 e. The van der Waals surface area contributed by atoms with Gasteiger partial charge in [0.05, 0.1) is 6.10 Å². The molecule has 5 rings (SSSR count). The second-order valence-electron chi connectivity index (χ2n) is 7.61. The molecule has 4 heterocycles. The molecule has 7 heteroatoms. The number of nitrogens with one attached hydrogen (secondary N) is 1. The van der Waals surface area contributed by atoms with Crippen molar-refractivity contribution in [3.8, 4) is 0 Å². The molecule has 1 N–H and O–H groups in total. The SMILES string of the molecule is O=C(NC[C@H]1CCCO1)C1CCN(c2ncnc3c2oc2ccccc23)CC1. The van der Waals surface area contributed by atoms with Crippen molar-refractivity contribution in [1.29, 1.82) is 0 Å². The summed E-state index contributed by atoms with van der Waals surface area (Å²) in [5.74, 6) is 1.01. The molecular formula is C21H24N4O3. The average molecular weight is 380 g/mol. The van der Waals surface area contributed by atoms with Crippen LogP contribution in [0.3, 0.4) is 0 Å². The number of anilines is 1. The predicted molar refractivity (Wildman–Crippen MR) is 106 cm³/mol. The van der Waals surface area contributed by atoms with Crippen LogP contribution in [0.25, 0.3) is 22.1 Å². The van der Waals surface area contributed by atoms with Gasteiger partial charge in [0.1, 0.15) is 17.4 Å². The Kier molecular flexibility index (Phi) is 4.60. The second-order valence-corrected chi connectivity index (χ2v) is 7.61. The van der Waals surface area contributed by atoms with Gasteiger partial charge in [-0.1, -0.05) is 12.1 Å². The van der Waals surface area contributed by atoms with Gasteiger partial charge in [-0.3, -0.25) is 4.79 Å². The topological polar surface area (TPSA) is 80.5 Å². The third-order valence-corrected chi connectivity index (χ3v) is 5.83. The molecule has 2 fully saturated rings. The fourth-order valence-electron chi connectivity index (χ4n) is 4.25. The lowest BCUT2D eigenvalue weighted by molar-refractivity contribution is -0.126. The van der Waals surface area contributed by atoms with E-state index in [2.05, 4.69) is 20.2 Å². The molecule has 1 amide bonds. The van der Waals surface area contributed by atoms with Gasteiger partial charge in [0.25, 0.3) is 0 Å². The van der Waals surface area contributed by atoms with E-state index in [0.29, 0.717) is 6.54 Å². The number of nitrogens with zero attached hydrogens (tertiary/aromatic N) is 3.